The molecule has 0 saturated carbocycles. The van der Waals surface area contributed by atoms with Crippen molar-refractivity contribution < 1.29 is 9.59 Å². The lowest BCUT2D eigenvalue weighted by Crippen LogP contribution is -2.32. The molecule has 3 aromatic rings. The molecule has 2 aromatic carbocycles. The number of nitrogens with one attached hydrogen (secondary N) is 1. The zero-order chi connectivity index (χ0) is 19.7. The van der Waals surface area contributed by atoms with E-state index in [-0.39, 0.29) is 18.4 Å². The smallest absolute Gasteiger partial charge is 0.259 e. The van der Waals surface area contributed by atoms with Crippen molar-refractivity contribution in [1.82, 2.24) is 9.88 Å². The molecule has 0 unspecified atom stereocenters. The SMILES string of the molecule is C=C1c2ccccc2C(=O)N1CC(=O)Nc1ncc(Cc2cccc(C)c2)s1. The summed E-state index contributed by atoms with van der Waals surface area (Å²) in [6.45, 7) is 5.94. The number of hydrogen-bond acceptors (Lipinski definition) is 4. The zero-order valence-corrected chi connectivity index (χ0v) is 16.3. The fraction of sp³-hybridized carbons (Fsp3) is 0.136. The second-order valence-electron chi connectivity index (χ2n) is 6.73. The van der Waals surface area contributed by atoms with E-state index in [4.69, 9.17) is 0 Å². The number of carbonyl (C=O) groups excluding carboxylic acids is 2. The van der Waals surface area contributed by atoms with E-state index < -0.39 is 0 Å². The molecular weight excluding hydrogens is 370 g/mol. The zero-order valence-electron chi connectivity index (χ0n) is 15.4. The first-order valence-corrected chi connectivity index (χ1v) is 9.73. The minimum absolute atomic E-state index is 0.0842. The summed E-state index contributed by atoms with van der Waals surface area (Å²) < 4.78 is 0. The molecule has 140 valence electrons. The maximum Gasteiger partial charge on any atom is 0.259 e. The molecule has 2 heterocycles. The Hall–Kier alpha value is -3.25. The van der Waals surface area contributed by atoms with Gasteiger partial charge in [-0.3, -0.25) is 14.5 Å². The van der Waals surface area contributed by atoms with Gasteiger partial charge in [0.2, 0.25) is 5.91 Å². The highest BCUT2D eigenvalue weighted by Crippen LogP contribution is 2.31. The number of fused-ring (bicyclic) bond motifs is 1. The van der Waals surface area contributed by atoms with Crippen LogP contribution in [0.3, 0.4) is 0 Å². The first-order valence-electron chi connectivity index (χ1n) is 8.91. The highest BCUT2D eigenvalue weighted by atomic mass is 32.1. The van der Waals surface area contributed by atoms with Gasteiger partial charge in [0.05, 0.1) is 0 Å². The highest BCUT2D eigenvalue weighted by Gasteiger charge is 2.31. The van der Waals surface area contributed by atoms with E-state index in [0.717, 1.165) is 16.9 Å². The van der Waals surface area contributed by atoms with Crippen LogP contribution >= 0.6 is 11.3 Å². The van der Waals surface area contributed by atoms with Gasteiger partial charge in [0.1, 0.15) is 6.54 Å². The number of amides is 2. The van der Waals surface area contributed by atoms with Crippen LogP contribution in [0.15, 0.2) is 61.3 Å². The molecule has 0 aliphatic carbocycles. The standard InChI is InChI=1S/C22H19N3O2S/c1-14-6-5-7-16(10-14)11-17-12-23-22(28-17)24-20(26)13-25-15(2)18-8-3-4-9-19(18)21(25)27/h3-10,12H,2,11,13H2,1H3,(H,23,24,26). The maximum atomic E-state index is 12.5. The minimum atomic E-state index is -0.293. The summed E-state index contributed by atoms with van der Waals surface area (Å²) in [5, 5.41) is 3.32. The number of aromatic nitrogens is 1. The lowest BCUT2D eigenvalue weighted by atomic mass is 10.1. The quantitative estimate of drug-likeness (QED) is 0.714. The molecule has 0 atom stereocenters. The third-order valence-corrected chi connectivity index (χ3v) is 5.51. The van der Waals surface area contributed by atoms with Crippen LogP contribution in [0.1, 0.15) is 31.9 Å². The van der Waals surface area contributed by atoms with E-state index in [9.17, 15) is 9.59 Å². The normalized spacial score (nSPS) is 13.0. The number of hydrogen-bond donors (Lipinski definition) is 1. The van der Waals surface area contributed by atoms with Crippen LogP contribution < -0.4 is 5.32 Å². The number of anilines is 1. The van der Waals surface area contributed by atoms with E-state index in [1.54, 1.807) is 18.3 Å². The number of carbonyl (C=O) groups is 2. The summed E-state index contributed by atoms with van der Waals surface area (Å²) in [5.41, 5.74) is 4.32. The van der Waals surface area contributed by atoms with Crippen molar-refractivity contribution in [2.75, 3.05) is 11.9 Å². The molecule has 4 rings (SSSR count). The molecule has 6 heteroatoms. The Labute approximate surface area is 167 Å². The lowest BCUT2D eigenvalue weighted by molar-refractivity contribution is -0.116. The molecule has 1 aliphatic rings. The van der Waals surface area contributed by atoms with Gasteiger partial charge in [-0.15, -0.1) is 11.3 Å². The fourth-order valence-corrected chi connectivity index (χ4v) is 4.14. The molecule has 1 aliphatic heterocycles. The molecule has 0 fully saturated rings. The Morgan fingerprint density at radius 3 is 2.71 bits per heavy atom. The van der Waals surface area contributed by atoms with E-state index in [1.807, 2.05) is 18.2 Å². The lowest BCUT2D eigenvalue weighted by Gasteiger charge is -2.16. The number of thiazole rings is 1. The Morgan fingerprint density at radius 1 is 1.18 bits per heavy atom. The van der Waals surface area contributed by atoms with E-state index in [2.05, 4.69) is 42.0 Å². The molecule has 1 N–H and O–H groups in total. The van der Waals surface area contributed by atoms with Crippen molar-refractivity contribution in [1.29, 1.82) is 0 Å². The molecule has 0 saturated heterocycles. The number of rotatable bonds is 5. The van der Waals surface area contributed by atoms with Crippen LogP contribution in [0.4, 0.5) is 5.13 Å². The van der Waals surface area contributed by atoms with E-state index in [1.165, 1.54) is 27.4 Å². The molecule has 1 aromatic heterocycles. The summed E-state index contributed by atoms with van der Waals surface area (Å²) in [4.78, 5) is 31.7. The van der Waals surface area contributed by atoms with Gasteiger partial charge in [-0.2, -0.15) is 0 Å². The van der Waals surface area contributed by atoms with Crippen LogP contribution in [-0.2, 0) is 11.2 Å². The van der Waals surface area contributed by atoms with Crippen molar-refractivity contribution in [2.24, 2.45) is 0 Å². The maximum absolute atomic E-state index is 12.5. The summed E-state index contributed by atoms with van der Waals surface area (Å²) in [6.07, 6.45) is 2.55. The van der Waals surface area contributed by atoms with Crippen LogP contribution in [0.5, 0.6) is 0 Å². The molecule has 2 amide bonds. The van der Waals surface area contributed by atoms with Gasteiger partial charge < -0.3 is 5.32 Å². The third kappa shape index (κ3) is 3.59. The summed E-state index contributed by atoms with van der Waals surface area (Å²) in [7, 11) is 0. The third-order valence-electron chi connectivity index (χ3n) is 4.60. The van der Waals surface area contributed by atoms with Gasteiger partial charge in [-0.25, -0.2) is 4.98 Å². The van der Waals surface area contributed by atoms with Gasteiger partial charge in [0, 0.05) is 34.3 Å². The largest absolute Gasteiger partial charge is 0.300 e. The average molecular weight is 389 g/mol. The van der Waals surface area contributed by atoms with Crippen molar-refractivity contribution in [3.8, 4) is 0 Å². The van der Waals surface area contributed by atoms with Crippen molar-refractivity contribution in [2.45, 2.75) is 13.3 Å². The summed E-state index contributed by atoms with van der Waals surface area (Å²) in [6, 6.07) is 15.6. The summed E-state index contributed by atoms with van der Waals surface area (Å²) in [5.74, 6) is -0.492. The Bertz CT molecular complexity index is 1050. The average Bonchev–Trinajstić information content (AvgIpc) is 3.20. The van der Waals surface area contributed by atoms with Crippen LogP contribution in [0.2, 0.25) is 0 Å². The highest BCUT2D eigenvalue weighted by molar-refractivity contribution is 7.15. The van der Waals surface area contributed by atoms with E-state index >= 15 is 0 Å². The second-order valence-corrected chi connectivity index (χ2v) is 7.84. The molecule has 0 bridgehead atoms. The van der Waals surface area contributed by atoms with E-state index in [0.29, 0.717) is 16.4 Å². The van der Waals surface area contributed by atoms with Crippen molar-refractivity contribution in [3.05, 3.63) is 88.4 Å². The van der Waals surface area contributed by atoms with Gasteiger partial charge in [0.15, 0.2) is 5.13 Å². The topological polar surface area (TPSA) is 62.3 Å². The monoisotopic (exact) mass is 389 g/mol. The Kier molecular flexibility index (Phi) is 4.79. The van der Waals surface area contributed by atoms with Gasteiger partial charge in [0.25, 0.3) is 5.91 Å². The fourth-order valence-electron chi connectivity index (χ4n) is 3.27. The molecule has 0 spiro atoms. The summed E-state index contributed by atoms with van der Waals surface area (Å²) >= 11 is 1.44. The Balaban J connectivity index is 1.39. The van der Waals surface area contributed by atoms with Gasteiger partial charge in [-0.1, -0.05) is 54.6 Å². The number of nitrogens with zero attached hydrogens (tertiary/aromatic N) is 2. The Morgan fingerprint density at radius 2 is 1.96 bits per heavy atom. The van der Waals surface area contributed by atoms with Crippen LogP contribution in [0.25, 0.3) is 5.70 Å². The van der Waals surface area contributed by atoms with Crippen molar-refractivity contribution >= 4 is 34.0 Å². The predicted octanol–water partition coefficient (Wildman–Crippen LogP) is 4.11. The first kappa shape index (κ1) is 18.1. The predicted molar refractivity (Wildman–Crippen MR) is 111 cm³/mol. The molecule has 0 radical (unpaired) electrons. The second kappa shape index (κ2) is 7.40. The first-order chi connectivity index (χ1) is 13.5. The van der Waals surface area contributed by atoms with Crippen molar-refractivity contribution in [3.63, 3.8) is 0 Å². The van der Waals surface area contributed by atoms with Gasteiger partial charge >= 0.3 is 0 Å². The molecule has 28 heavy (non-hydrogen) atoms. The van der Waals surface area contributed by atoms with Crippen LogP contribution in [0, 0.1) is 6.92 Å². The van der Waals surface area contributed by atoms with Gasteiger partial charge in [-0.05, 0) is 18.6 Å². The minimum Gasteiger partial charge on any atom is -0.300 e. The number of benzene rings is 2. The molecular formula is C22H19N3O2S. The van der Waals surface area contributed by atoms with Crippen LogP contribution in [-0.4, -0.2) is 28.2 Å². The molecule has 5 nitrogen and oxygen atoms in total. The number of aryl methyl sites for hydroxylation is 1.